The van der Waals surface area contributed by atoms with Gasteiger partial charge in [-0.05, 0) is 6.42 Å². The van der Waals surface area contributed by atoms with E-state index in [0.29, 0.717) is 19.4 Å². The second-order valence-corrected chi connectivity index (χ2v) is 3.03. The minimum atomic E-state index is -0.183. The monoisotopic (exact) mass is 201 g/mol. The van der Waals surface area contributed by atoms with Crippen LogP contribution < -0.4 is 5.32 Å². The Hall–Kier alpha value is -1.06. The van der Waals surface area contributed by atoms with Crippen molar-refractivity contribution in [2.24, 2.45) is 0 Å². The van der Waals surface area contributed by atoms with Crippen molar-refractivity contribution < 1.29 is 14.3 Å². The second kappa shape index (κ2) is 8.53. The lowest BCUT2D eigenvalue weighted by Gasteiger charge is -2.05. The molecule has 82 valence electrons. The molecule has 0 aromatic heterocycles. The molecule has 0 heterocycles. The van der Waals surface area contributed by atoms with Gasteiger partial charge in [0.15, 0.2) is 0 Å². The average molecular weight is 201 g/mol. The molecule has 0 saturated heterocycles. The number of amides is 1. The third-order valence-corrected chi connectivity index (χ3v) is 1.74. The lowest BCUT2D eigenvalue weighted by atomic mass is 10.2. The normalized spacial score (nSPS) is 9.57. The van der Waals surface area contributed by atoms with Gasteiger partial charge in [-0.1, -0.05) is 20.3 Å². The maximum absolute atomic E-state index is 11.0. The maximum Gasteiger partial charge on any atom is 0.305 e. The maximum atomic E-state index is 11.0. The Bertz CT molecular complexity index is 180. The molecule has 0 spiro atoms. The van der Waals surface area contributed by atoms with Crippen molar-refractivity contribution in [1.82, 2.24) is 5.32 Å². The van der Waals surface area contributed by atoms with Crippen LogP contribution in [0.2, 0.25) is 0 Å². The van der Waals surface area contributed by atoms with Gasteiger partial charge in [-0.25, -0.2) is 0 Å². The molecule has 0 atom stereocenters. The molecule has 0 aliphatic carbocycles. The predicted octanol–water partition coefficient (Wildman–Crippen LogP) is 1.25. The van der Waals surface area contributed by atoms with Crippen LogP contribution in [-0.4, -0.2) is 25.0 Å². The summed E-state index contributed by atoms with van der Waals surface area (Å²) in [6.07, 6.45) is 2.78. The smallest absolute Gasteiger partial charge is 0.305 e. The molecule has 14 heavy (non-hydrogen) atoms. The zero-order chi connectivity index (χ0) is 10.8. The number of carbonyl (C=O) groups excluding carboxylic acids is 2. The van der Waals surface area contributed by atoms with E-state index in [2.05, 4.69) is 5.32 Å². The molecule has 0 fully saturated rings. The number of rotatable bonds is 7. The van der Waals surface area contributed by atoms with Crippen LogP contribution in [-0.2, 0) is 14.3 Å². The Labute approximate surface area is 85.0 Å². The third kappa shape index (κ3) is 7.58. The first-order chi connectivity index (χ1) is 6.70. The summed E-state index contributed by atoms with van der Waals surface area (Å²) in [5.74, 6) is -0.202. The highest BCUT2D eigenvalue weighted by atomic mass is 16.5. The van der Waals surface area contributed by atoms with E-state index in [1.165, 1.54) is 0 Å². The van der Waals surface area contributed by atoms with Gasteiger partial charge < -0.3 is 10.1 Å². The van der Waals surface area contributed by atoms with Crippen LogP contribution in [0.25, 0.3) is 0 Å². The summed E-state index contributed by atoms with van der Waals surface area (Å²) >= 11 is 0. The molecule has 0 bridgehead atoms. The molecule has 0 unspecified atom stereocenters. The van der Waals surface area contributed by atoms with Gasteiger partial charge in [-0.15, -0.1) is 0 Å². The number of unbranched alkanes of at least 4 members (excludes halogenated alkanes) is 1. The summed E-state index contributed by atoms with van der Waals surface area (Å²) in [4.78, 5) is 21.8. The minimum absolute atomic E-state index is 0.0189. The molecule has 1 amide bonds. The minimum Gasteiger partial charge on any atom is -0.464 e. The SMILES string of the molecule is CCCCC(=O)OCCNC(=O)CC. The standard InChI is InChI=1S/C10H19NO3/c1-3-5-6-10(13)14-8-7-11-9(12)4-2/h3-8H2,1-2H3,(H,11,12). The molecule has 4 heteroatoms. The van der Waals surface area contributed by atoms with Gasteiger partial charge in [0.1, 0.15) is 6.61 Å². The Morgan fingerprint density at radius 1 is 1.29 bits per heavy atom. The Morgan fingerprint density at radius 2 is 2.00 bits per heavy atom. The lowest BCUT2D eigenvalue weighted by molar-refractivity contribution is -0.144. The first kappa shape index (κ1) is 12.9. The molecule has 4 nitrogen and oxygen atoms in total. The van der Waals surface area contributed by atoms with Crippen molar-refractivity contribution in [1.29, 1.82) is 0 Å². The van der Waals surface area contributed by atoms with Crippen molar-refractivity contribution in [3.8, 4) is 0 Å². The fraction of sp³-hybridized carbons (Fsp3) is 0.800. The van der Waals surface area contributed by atoms with Crippen LogP contribution in [0.4, 0.5) is 0 Å². The number of hydrogen-bond acceptors (Lipinski definition) is 3. The molecule has 0 aliphatic rings. The van der Waals surface area contributed by atoms with Crippen LogP contribution >= 0.6 is 0 Å². The fourth-order valence-electron chi connectivity index (χ4n) is 0.874. The van der Waals surface area contributed by atoms with Crippen LogP contribution in [0.3, 0.4) is 0 Å². The van der Waals surface area contributed by atoms with E-state index in [1.54, 1.807) is 6.92 Å². The number of hydrogen-bond donors (Lipinski definition) is 1. The summed E-state index contributed by atoms with van der Waals surface area (Å²) in [6, 6.07) is 0. The third-order valence-electron chi connectivity index (χ3n) is 1.74. The summed E-state index contributed by atoms with van der Waals surface area (Å²) in [5.41, 5.74) is 0. The van der Waals surface area contributed by atoms with E-state index >= 15 is 0 Å². The Kier molecular flexibility index (Phi) is 7.89. The zero-order valence-electron chi connectivity index (χ0n) is 8.97. The molecule has 0 aromatic carbocycles. The van der Waals surface area contributed by atoms with Crippen molar-refractivity contribution >= 4 is 11.9 Å². The van der Waals surface area contributed by atoms with Crippen LogP contribution in [0.1, 0.15) is 39.5 Å². The first-order valence-electron chi connectivity index (χ1n) is 5.13. The zero-order valence-corrected chi connectivity index (χ0v) is 8.97. The topological polar surface area (TPSA) is 55.4 Å². The van der Waals surface area contributed by atoms with Crippen molar-refractivity contribution in [3.63, 3.8) is 0 Å². The molecular weight excluding hydrogens is 182 g/mol. The highest BCUT2D eigenvalue weighted by Gasteiger charge is 2.01. The van der Waals surface area contributed by atoms with Crippen LogP contribution in [0.15, 0.2) is 0 Å². The van der Waals surface area contributed by atoms with Crippen molar-refractivity contribution in [2.75, 3.05) is 13.2 Å². The predicted molar refractivity (Wildman–Crippen MR) is 53.8 cm³/mol. The molecule has 0 aliphatic heterocycles. The fourth-order valence-corrected chi connectivity index (χ4v) is 0.874. The van der Waals surface area contributed by atoms with Crippen molar-refractivity contribution in [2.45, 2.75) is 39.5 Å². The summed E-state index contributed by atoms with van der Waals surface area (Å²) in [5, 5.41) is 2.63. The Morgan fingerprint density at radius 3 is 2.57 bits per heavy atom. The van der Waals surface area contributed by atoms with E-state index in [1.807, 2.05) is 6.92 Å². The number of esters is 1. The molecule has 1 N–H and O–H groups in total. The van der Waals surface area contributed by atoms with E-state index < -0.39 is 0 Å². The van der Waals surface area contributed by atoms with E-state index in [0.717, 1.165) is 12.8 Å². The van der Waals surface area contributed by atoms with Crippen molar-refractivity contribution in [3.05, 3.63) is 0 Å². The number of ether oxygens (including phenoxy) is 1. The molecular formula is C10H19NO3. The largest absolute Gasteiger partial charge is 0.464 e. The van der Waals surface area contributed by atoms with Gasteiger partial charge in [0.25, 0.3) is 0 Å². The highest BCUT2D eigenvalue weighted by molar-refractivity contribution is 5.75. The van der Waals surface area contributed by atoms with E-state index in [9.17, 15) is 9.59 Å². The molecule has 0 radical (unpaired) electrons. The second-order valence-electron chi connectivity index (χ2n) is 3.03. The van der Waals surface area contributed by atoms with Gasteiger partial charge in [0.2, 0.25) is 5.91 Å². The van der Waals surface area contributed by atoms with Crippen LogP contribution in [0, 0.1) is 0 Å². The number of carbonyl (C=O) groups is 2. The molecule has 0 saturated carbocycles. The summed E-state index contributed by atoms with van der Waals surface area (Å²) in [6.45, 7) is 4.48. The van der Waals surface area contributed by atoms with Gasteiger partial charge in [-0.2, -0.15) is 0 Å². The summed E-state index contributed by atoms with van der Waals surface area (Å²) in [7, 11) is 0. The average Bonchev–Trinajstić information content (AvgIpc) is 2.21. The van der Waals surface area contributed by atoms with Gasteiger partial charge in [-0.3, -0.25) is 9.59 Å². The van der Waals surface area contributed by atoms with Gasteiger partial charge >= 0.3 is 5.97 Å². The van der Waals surface area contributed by atoms with Gasteiger partial charge in [0, 0.05) is 12.8 Å². The van der Waals surface area contributed by atoms with E-state index in [-0.39, 0.29) is 18.5 Å². The molecule has 0 rings (SSSR count). The first-order valence-corrected chi connectivity index (χ1v) is 5.13. The van der Waals surface area contributed by atoms with E-state index in [4.69, 9.17) is 4.74 Å². The van der Waals surface area contributed by atoms with Crippen LogP contribution in [0.5, 0.6) is 0 Å². The summed E-state index contributed by atoms with van der Waals surface area (Å²) < 4.78 is 4.89. The van der Waals surface area contributed by atoms with Gasteiger partial charge in [0.05, 0.1) is 6.54 Å². The quantitative estimate of drug-likeness (QED) is 0.498. The Balaban J connectivity index is 3.27. The highest BCUT2D eigenvalue weighted by Crippen LogP contribution is 1.95. The number of nitrogens with one attached hydrogen (secondary N) is 1. The lowest BCUT2D eigenvalue weighted by Crippen LogP contribution is -2.27. The molecule has 0 aromatic rings.